The van der Waals surface area contributed by atoms with Crippen molar-refractivity contribution in [2.45, 2.75) is 51.0 Å². The first-order valence-electron chi connectivity index (χ1n) is 7.24. The molecular weight excluding hydrogens is 266 g/mol. The highest BCUT2D eigenvalue weighted by molar-refractivity contribution is 7.99. The predicted octanol–water partition coefficient (Wildman–Crippen LogP) is 3.53. The number of halogens is 1. The highest BCUT2D eigenvalue weighted by Crippen LogP contribution is 2.28. The quantitative estimate of drug-likeness (QED) is 0.722. The van der Waals surface area contributed by atoms with Gasteiger partial charge in [0.1, 0.15) is 0 Å². The summed E-state index contributed by atoms with van der Waals surface area (Å²) in [5, 5.41) is 0. The largest absolute Gasteiger partial charge is 0.339 e. The van der Waals surface area contributed by atoms with Gasteiger partial charge in [-0.15, -0.1) is 11.6 Å². The molecule has 1 amide bonds. The number of alkyl halides is 1. The number of rotatable bonds is 5. The molecule has 1 saturated heterocycles. The Hall–Kier alpha value is 0.110. The van der Waals surface area contributed by atoms with E-state index in [2.05, 4.69) is 4.90 Å². The fourth-order valence-corrected chi connectivity index (χ4v) is 4.52. The Labute approximate surface area is 120 Å². The maximum Gasteiger partial charge on any atom is 0.223 e. The molecule has 0 radical (unpaired) electrons. The fourth-order valence-electron chi connectivity index (χ4n) is 3.13. The van der Waals surface area contributed by atoms with E-state index in [0.717, 1.165) is 13.0 Å². The van der Waals surface area contributed by atoms with Gasteiger partial charge in [-0.1, -0.05) is 12.8 Å². The lowest BCUT2D eigenvalue weighted by Gasteiger charge is -2.31. The van der Waals surface area contributed by atoms with E-state index in [-0.39, 0.29) is 0 Å². The van der Waals surface area contributed by atoms with Crippen molar-refractivity contribution in [3.63, 3.8) is 0 Å². The lowest BCUT2D eigenvalue weighted by Crippen LogP contribution is -2.41. The molecule has 0 bridgehead atoms. The standard InChI is InChI=1S/C14H24ClNOS/c15-7-8-16(13-3-1-2-4-13)14(17)11-12-5-9-18-10-6-12/h12-13H,1-11H2. The Kier molecular flexibility index (Phi) is 6.16. The summed E-state index contributed by atoms with van der Waals surface area (Å²) in [6, 6.07) is 0.481. The molecule has 0 aromatic heterocycles. The second-order valence-electron chi connectivity index (χ2n) is 5.47. The van der Waals surface area contributed by atoms with Gasteiger partial charge in [-0.2, -0.15) is 11.8 Å². The van der Waals surface area contributed by atoms with Crippen LogP contribution in [0.1, 0.15) is 44.9 Å². The molecule has 0 aromatic carbocycles. The van der Waals surface area contributed by atoms with Crippen molar-refractivity contribution in [3.05, 3.63) is 0 Å². The molecule has 1 aliphatic heterocycles. The van der Waals surface area contributed by atoms with Crippen LogP contribution in [0.4, 0.5) is 0 Å². The van der Waals surface area contributed by atoms with Gasteiger partial charge >= 0.3 is 0 Å². The van der Waals surface area contributed by atoms with E-state index in [1.165, 1.54) is 50.0 Å². The average molecular weight is 290 g/mol. The summed E-state index contributed by atoms with van der Waals surface area (Å²) in [6.07, 6.45) is 8.11. The van der Waals surface area contributed by atoms with E-state index >= 15 is 0 Å². The third-order valence-electron chi connectivity index (χ3n) is 4.22. The van der Waals surface area contributed by atoms with Crippen molar-refractivity contribution in [3.8, 4) is 0 Å². The molecule has 0 aromatic rings. The van der Waals surface area contributed by atoms with Crippen LogP contribution in [-0.4, -0.2) is 40.8 Å². The molecule has 0 spiro atoms. The Bertz CT molecular complexity index is 263. The molecule has 2 aliphatic rings. The minimum atomic E-state index is 0.361. The van der Waals surface area contributed by atoms with Gasteiger partial charge in [-0.05, 0) is 43.1 Å². The predicted molar refractivity (Wildman–Crippen MR) is 79.4 cm³/mol. The number of thioether (sulfide) groups is 1. The molecule has 4 heteroatoms. The molecule has 18 heavy (non-hydrogen) atoms. The van der Waals surface area contributed by atoms with Crippen LogP contribution in [-0.2, 0) is 4.79 Å². The van der Waals surface area contributed by atoms with Crippen molar-refractivity contribution in [1.82, 2.24) is 4.90 Å². The van der Waals surface area contributed by atoms with Crippen LogP contribution in [0, 0.1) is 5.92 Å². The molecule has 0 atom stereocenters. The van der Waals surface area contributed by atoms with Gasteiger partial charge in [0.2, 0.25) is 5.91 Å². The molecule has 1 aliphatic carbocycles. The second kappa shape index (κ2) is 7.64. The number of carbonyl (C=O) groups excluding carboxylic acids is 1. The number of hydrogen-bond donors (Lipinski definition) is 0. The van der Waals surface area contributed by atoms with Crippen molar-refractivity contribution in [2.24, 2.45) is 5.92 Å². The molecule has 0 N–H and O–H groups in total. The van der Waals surface area contributed by atoms with Crippen molar-refractivity contribution in [2.75, 3.05) is 23.9 Å². The summed E-state index contributed by atoms with van der Waals surface area (Å²) in [7, 11) is 0. The van der Waals surface area contributed by atoms with Gasteiger partial charge in [0, 0.05) is 24.9 Å². The average Bonchev–Trinajstić information content (AvgIpc) is 2.90. The Morgan fingerprint density at radius 1 is 1.17 bits per heavy atom. The molecular formula is C14H24ClNOS. The van der Waals surface area contributed by atoms with Crippen LogP contribution in [0.3, 0.4) is 0 Å². The lowest BCUT2D eigenvalue weighted by molar-refractivity contribution is -0.134. The molecule has 2 rings (SSSR count). The SMILES string of the molecule is O=C(CC1CCSCC1)N(CCCl)C1CCCC1. The van der Waals surface area contributed by atoms with E-state index in [1.807, 2.05) is 11.8 Å². The van der Waals surface area contributed by atoms with Gasteiger partial charge in [0.15, 0.2) is 0 Å². The minimum absolute atomic E-state index is 0.361. The van der Waals surface area contributed by atoms with Crippen molar-refractivity contribution >= 4 is 29.3 Å². The Morgan fingerprint density at radius 3 is 2.44 bits per heavy atom. The second-order valence-corrected chi connectivity index (χ2v) is 7.08. The van der Waals surface area contributed by atoms with Crippen LogP contribution in [0.5, 0.6) is 0 Å². The summed E-state index contributed by atoms with van der Waals surface area (Å²) in [5.74, 6) is 4.02. The van der Waals surface area contributed by atoms with Crippen LogP contribution < -0.4 is 0 Å². The highest BCUT2D eigenvalue weighted by atomic mass is 35.5. The highest BCUT2D eigenvalue weighted by Gasteiger charge is 2.28. The van der Waals surface area contributed by atoms with E-state index in [4.69, 9.17) is 11.6 Å². The smallest absolute Gasteiger partial charge is 0.223 e. The van der Waals surface area contributed by atoms with Crippen molar-refractivity contribution in [1.29, 1.82) is 0 Å². The maximum absolute atomic E-state index is 12.4. The van der Waals surface area contributed by atoms with E-state index in [9.17, 15) is 4.79 Å². The summed E-state index contributed by atoms with van der Waals surface area (Å²) in [6.45, 7) is 0.743. The first kappa shape index (κ1) is 14.5. The molecule has 1 saturated carbocycles. The van der Waals surface area contributed by atoms with Gasteiger partial charge in [-0.3, -0.25) is 4.79 Å². The zero-order valence-corrected chi connectivity index (χ0v) is 12.6. The third-order valence-corrected chi connectivity index (χ3v) is 5.43. The van der Waals surface area contributed by atoms with Crippen LogP contribution in [0.25, 0.3) is 0 Å². The summed E-state index contributed by atoms with van der Waals surface area (Å²) in [4.78, 5) is 14.5. The van der Waals surface area contributed by atoms with Crippen molar-refractivity contribution < 1.29 is 4.79 Å². The third kappa shape index (κ3) is 4.06. The Balaban J connectivity index is 1.85. The van der Waals surface area contributed by atoms with Gasteiger partial charge < -0.3 is 4.90 Å². The van der Waals surface area contributed by atoms with Gasteiger partial charge in [-0.25, -0.2) is 0 Å². The van der Waals surface area contributed by atoms with Gasteiger partial charge in [0.25, 0.3) is 0 Å². The van der Waals surface area contributed by atoms with E-state index in [1.54, 1.807) is 0 Å². The van der Waals surface area contributed by atoms with E-state index in [0.29, 0.717) is 23.7 Å². The first-order valence-corrected chi connectivity index (χ1v) is 8.93. The fraction of sp³-hybridized carbons (Fsp3) is 0.929. The molecule has 0 unspecified atom stereocenters. The number of carbonyl (C=O) groups is 1. The lowest BCUT2D eigenvalue weighted by atomic mass is 9.97. The minimum Gasteiger partial charge on any atom is -0.339 e. The zero-order chi connectivity index (χ0) is 12.8. The topological polar surface area (TPSA) is 20.3 Å². The zero-order valence-electron chi connectivity index (χ0n) is 11.1. The molecule has 104 valence electrons. The summed E-state index contributed by atoms with van der Waals surface area (Å²) < 4.78 is 0. The van der Waals surface area contributed by atoms with Crippen LogP contribution in [0.2, 0.25) is 0 Å². The van der Waals surface area contributed by atoms with Crippen LogP contribution >= 0.6 is 23.4 Å². The molecule has 1 heterocycles. The van der Waals surface area contributed by atoms with Crippen LogP contribution in [0.15, 0.2) is 0 Å². The Morgan fingerprint density at radius 2 is 1.83 bits per heavy atom. The normalized spacial score (nSPS) is 22.3. The summed E-state index contributed by atoms with van der Waals surface area (Å²) >= 11 is 7.89. The number of hydrogen-bond acceptors (Lipinski definition) is 2. The molecule has 2 fully saturated rings. The van der Waals surface area contributed by atoms with E-state index < -0.39 is 0 Å². The number of nitrogens with zero attached hydrogens (tertiary/aromatic N) is 1. The monoisotopic (exact) mass is 289 g/mol. The number of amides is 1. The summed E-state index contributed by atoms with van der Waals surface area (Å²) in [5.41, 5.74) is 0. The molecule has 2 nitrogen and oxygen atoms in total. The first-order chi connectivity index (χ1) is 8.81. The maximum atomic E-state index is 12.4. The van der Waals surface area contributed by atoms with Gasteiger partial charge in [0.05, 0.1) is 0 Å².